The molecule has 0 radical (unpaired) electrons. The zero-order chi connectivity index (χ0) is 12.5. The van der Waals surface area contributed by atoms with Gasteiger partial charge in [-0.25, -0.2) is 0 Å². The Labute approximate surface area is 105 Å². The lowest BCUT2D eigenvalue weighted by Gasteiger charge is -1.95. The van der Waals surface area contributed by atoms with Gasteiger partial charge in [-0.15, -0.1) is 9.89 Å². The molecule has 18 heavy (non-hydrogen) atoms. The van der Waals surface area contributed by atoms with Crippen LogP contribution < -0.4 is 0 Å². The molecule has 0 saturated carbocycles. The van der Waals surface area contributed by atoms with E-state index in [0.717, 1.165) is 17.5 Å². The van der Waals surface area contributed by atoms with Crippen molar-refractivity contribution in [3.05, 3.63) is 47.1 Å². The van der Waals surface area contributed by atoms with Gasteiger partial charge in [0.05, 0.1) is 6.21 Å². The second-order valence-corrected chi connectivity index (χ2v) is 4.62. The third-order valence-electron chi connectivity index (χ3n) is 3.08. The van der Waals surface area contributed by atoms with Gasteiger partial charge in [-0.05, 0) is 43.2 Å². The molecule has 0 fully saturated rings. The minimum atomic E-state index is 0.860. The van der Waals surface area contributed by atoms with Crippen LogP contribution in [0.2, 0.25) is 0 Å². The lowest BCUT2D eigenvalue weighted by Crippen LogP contribution is -1.93. The van der Waals surface area contributed by atoms with E-state index in [0.29, 0.717) is 0 Å². The van der Waals surface area contributed by atoms with Crippen molar-refractivity contribution in [2.75, 3.05) is 0 Å². The molecule has 90 valence electrons. The Morgan fingerprint density at radius 3 is 2.89 bits per heavy atom. The minimum Gasteiger partial charge on any atom is -0.156 e. The van der Waals surface area contributed by atoms with E-state index >= 15 is 0 Å². The number of fused-ring (bicyclic) bond motifs is 1. The van der Waals surface area contributed by atoms with E-state index in [9.17, 15) is 0 Å². The molecule has 0 aliphatic heterocycles. The van der Waals surface area contributed by atoms with Crippen LogP contribution >= 0.6 is 0 Å². The Kier molecular flexibility index (Phi) is 2.55. The van der Waals surface area contributed by atoms with Crippen molar-refractivity contribution >= 4 is 17.2 Å². The molecule has 1 aliphatic carbocycles. The van der Waals surface area contributed by atoms with Gasteiger partial charge in [0.1, 0.15) is 11.0 Å². The van der Waals surface area contributed by atoms with Crippen molar-refractivity contribution < 1.29 is 0 Å². The van der Waals surface area contributed by atoms with Crippen molar-refractivity contribution in [2.45, 2.75) is 20.3 Å². The molecule has 1 aliphatic rings. The Hall–Kier alpha value is -2.23. The number of aromatic nitrogens is 3. The zero-order valence-electron chi connectivity index (χ0n) is 10.5. The quantitative estimate of drug-likeness (QED) is 0.755. The van der Waals surface area contributed by atoms with Crippen molar-refractivity contribution in [1.82, 2.24) is 15.1 Å². The molecule has 1 aromatic heterocycles. The van der Waals surface area contributed by atoms with E-state index in [1.807, 2.05) is 30.5 Å². The number of hydrogen-bond donors (Lipinski definition) is 0. The van der Waals surface area contributed by atoms with Crippen LogP contribution in [0.3, 0.4) is 0 Å². The molecule has 1 aromatic carbocycles. The van der Waals surface area contributed by atoms with Crippen LogP contribution in [0.5, 0.6) is 0 Å². The fourth-order valence-corrected chi connectivity index (χ4v) is 2.17. The van der Waals surface area contributed by atoms with Crippen LogP contribution in [0.25, 0.3) is 11.0 Å². The van der Waals surface area contributed by atoms with E-state index < -0.39 is 0 Å². The Morgan fingerprint density at radius 2 is 2.11 bits per heavy atom. The minimum absolute atomic E-state index is 0.860. The highest BCUT2D eigenvalue weighted by Gasteiger charge is 2.07. The predicted octanol–water partition coefficient (Wildman–Crippen LogP) is 2.93. The predicted molar refractivity (Wildman–Crippen MR) is 72.5 cm³/mol. The summed E-state index contributed by atoms with van der Waals surface area (Å²) in [7, 11) is 0. The number of hydrogen-bond acceptors (Lipinski definition) is 3. The van der Waals surface area contributed by atoms with Crippen LogP contribution in [-0.2, 0) is 0 Å². The SMILES string of the molecule is CC1=CC(/C=N\n2nnc3ccccc32)=C(C)C1. The van der Waals surface area contributed by atoms with Gasteiger partial charge in [-0.2, -0.15) is 5.10 Å². The summed E-state index contributed by atoms with van der Waals surface area (Å²) in [6.07, 6.45) is 5.06. The maximum Gasteiger partial charge on any atom is 0.115 e. The molecule has 0 saturated heterocycles. The Morgan fingerprint density at radius 1 is 1.28 bits per heavy atom. The smallest absolute Gasteiger partial charge is 0.115 e. The Balaban J connectivity index is 1.96. The lowest BCUT2D eigenvalue weighted by atomic mass is 10.2. The lowest BCUT2D eigenvalue weighted by molar-refractivity contribution is 0.718. The molecule has 0 bridgehead atoms. The average Bonchev–Trinajstić information content (AvgIpc) is 2.90. The first-order valence-electron chi connectivity index (χ1n) is 5.96. The first kappa shape index (κ1) is 10.9. The molecule has 0 amide bonds. The van der Waals surface area contributed by atoms with Gasteiger partial charge >= 0.3 is 0 Å². The highest BCUT2D eigenvalue weighted by molar-refractivity contribution is 5.85. The molecule has 0 atom stereocenters. The van der Waals surface area contributed by atoms with E-state index in [2.05, 4.69) is 35.3 Å². The largest absolute Gasteiger partial charge is 0.156 e. The number of nitrogens with zero attached hydrogens (tertiary/aromatic N) is 4. The molecule has 0 N–H and O–H groups in total. The maximum atomic E-state index is 4.38. The second kappa shape index (κ2) is 4.22. The van der Waals surface area contributed by atoms with Crippen LogP contribution in [0.1, 0.15) is 20.3 Å². The van der Waals surface area contributed by atoms with Gasteiger partial charge in [-0.1, -0.05) is 29.4 Å². The van der Waals surface area contributed by atoms with Gasteiger partial charge in [0.2, 0.25) is 0 Å². The number of rotatable bonds is 2. The van der Waals surface area contributed by atoms with Crippen LogP contribution in [0.15, 0.2) is 52.2 Å². The van der Waals surface area contributed by atoms with Crippen molar-refractivity contribution in [2.24, 2.45) is 5.10 Å². The van der Waals surface area contributed by atoms with Crippen molar-refractivity contribution in [3.63, 3.8) is 0 Å². The summed E-state index contributed by atoms with van der Waals surface area (Å²) in [5.74, 6) is 0. The molecule has 0 unspecified atom stereocenters. The summed E-state index contributed by atoms with van der Waals surface area (Å²) in [6, 6.07) is 7.80. The highest BCUT2D eigenvalue weighted by Crippen LogP contribution is 2.23. The summed E-state index contributed by atoms with van der Waals surface area (Å²) >= 11 is 0. The first-order chi connectivity index (χ1) is 8.74. The van der Waals surface area contributed by atoms with E-state index in [4.69, 9.17) is 0 Å². The zero-order valence-corrected chi connectivity index (χ0v) is 10.5. The summed E-state index contributed by atoms with van der Waals surface area (Å²) in [5.41, 5.74) is 5.68. The van der Waals surface area contributed by atoms with E-state index in [1.54, 1.807) is 4.79 Å². The summed E-state index contributed by atoms with van der Waals surface area (Å²) in [4.78, 5) is 1.57. The third kappa shape index (κ3) is 1.86. The topological polar surface area (TPSA) is 43.1 Å². The summed E-state index contributed by atoms with van der Waals surface area (Å²) in [6.45, 7) is 4.27. The average molecular weight is 238 g/mol. The number of benzene rings is 1. The fourth-order valence-electron chi connectivity index (χ4n) is 2.17. The summed E-state index contributed by atoms with van der Waals surface area (Å²) in [5, 5.41) is 12.5. The normalized spacial score (nSPS) is 16.0. The third-order valence-corrected chi connectivity index (χ3v) is 3.08. The molecule has 4 nitrogen and oxygen atoms in total. The van der Waals surface area contributed by atoms with Crippen LogP contribution in [0, 0.1) is 0 Å². The first-order valence-corrected chi connectivity index (χ1v) is 5.96. The maximum absolute atomic E-state index is 4.38. The molecule has 0 spiro atoms. The van der Waals surface area contributed by atoms with Gasteiger partial charge in [0.25, 0.3) is 0 Å². The second-order valence-electron chi connectivity index (χ2n) is 4.62. The van der Waals surface area contributed by atoms with Crippen LogP contribution in [0.4, 0.5) is 0 Å². The van der Waals surface area contributed by atoms with Gasteiger partial charge in [-0.3, -0.25) is 0 Å². The van der Waals surface area contributed by atoms with Gasteiger partial charge in [0.15, 0.2) is 0 Å². The molecule has 4 heteroatoms. The van der Waals surface area contributed by atoms with Crippen LogP contribution in [-0.4, -0.2) is 21.3 Å². The fraction of sp³-hybridized carbons (Fsp3) is 0.214. The van der Waals surface area contributed by atoms with E-state index in [1.165, 1.54) is 16.7 Å². The van der Waals surface area contributed by atoms with Gasteiger partial charge in [0, 0.05) is 0 Å². The summed E-state index contributed by atoms with van der Waals surface area (Å²) < 4.78 is 0. The molecule has 2 aromatic rings. The number of para-hydroxylation sites is 1. The molecule has 1 heterocycles. The van der Waals surface area contributed by atoms with Gasteiger partial charge < -0.3 is 0 Å². The van der Waals surface area contributed by atoms with E-state index in [-0.39, 0.29) is 0 Å². The molecular formula is C14H14N4. The monoisotopic (exact) mass is 238 g/mol. The molecular weight excluding hydrogens is 224 g/mol. The van der Waals surface area contributed by atoms with Crippen molar-refractivity contribution in [3.8, 4) is 0 Å². The standard InChI is InChI=1S/C14H14N4/c1-10-7-11(2)12(8-10)9-15-18-14-6-4-3-5-13(14)16-17-18/h3-6,8-9H,7H2,1-2H3/b15-9-. The highest BCUT2D eigenvalue weighted by atomic mass is 15.6. The molecule has 3 rings (SSSR count). The number of allylic oxidation sites excluding steroid dienone is 4. The Bertz CT molecular complexity index is 689. The van der Waals surface area contributed by atoms with Crippen molar-refractivity contribution in [1.29, 1.82) is 0 Å².